The monoisotopic (exact) mass is 341 g/mol. The molecular formula is C17H16BrN3. The van der Waals surface area contributed by atoms with Crippen LogP contribution in [0.2, 0.25) is 0 Å². The average molecular weight is 342 g/mol. The first-order chi connectivity index (χ1) is 10.3. The van der Waals surface area contributed by atoms with E-state index in [9.17, 15) is 0 Å². The normalized spacial score (nSPS) is 12.5. The number of rotatable bonds is 4. The molecule has 1 aromatic carbocycles. The van der Waals surface area contributed by atoms with Crippen LogP contribution in [0.25, 0.3) is 10.9 Å². The Morgan fingerprint density at radius 3 is 2.90 bits per heavy atom. The Morgan fingerprint density at radius 1 is 1.19 bits per heavy atom. The van der Waals surface area contributed by atoms with E-state index in [2.05, 4.69) is 55.5 Å². The molecule has 106 valence electrons. The summed E-state index contributed by atoms with van der Waals surface area (Å²) in [5, 5.41) is 4.60. The zero-order valence-electron chi connectivity index (χ0n) is 11.8. The largest absolute Gasteiger partial charge is 0.313 e. The van der Waals surface area contributed by atoms with Crippen LogP contribution in [0, 0.1) is 0 Å². The molecule has 0 aliphatic carbocycles. The third-order valence-electron chi connectivity index (χ3n) is 3.60. The van der Waals surface area contributed by atoms with Crippen LogP contribution in [0.3, 0.4) is 0 Å². The van der Waals surface area contributed by atoms with Gasteiger partial charge in [-0.2, -0.15) is 0 Å². The van der Waals surface area contributed by atoms with Gasteiger partial charge in [0, 0.05) is 34.5 Å². The minimum absolute atomic E-state index is 0.231. The molecular weight excluding hydrogens is 326 g/mol. The predicted octanol–water partition coefficient (Wildman–Crippen LogP) is 3.90. The number of hydrogen-bond acceptors (Lipinski definition) is 3. The third-order valence-corrected chi connectivity index (χ3v) is 4.04. The van der Waals surface area contributed by atoms with E-state index in [1.807, 2.05) is 31.6 Å². The van der Waals surface area contributed by atoms with E-state index in [1.165, 1.54) is 16.5 Å². The molecule has 21 heavy (non-hydrogen) atoms. The van der Waals surface area contributed by atoms with Crippen LogP contribution in [-0.4, -0.2) is 17.0 Å². The molecule has 3 nitrogen and oxygen atoms in total. The maximum atomic E-state index is 4.43. The van der Waals surface area contributed by atoms with Gasteiger partial charge in [-0.05, 0) is 58.7 Å². The second-order valence-electron chi connectivity index (χ2n) is 4.97. The fourth-order valence-corrected chi connectivity index (χ4v) is 3.01. The summed E-state index contributed by atoms with van der Waals surface area (Å²) in [5.41, 5.74) is 3.50. The third kappa shape index (κ3) is 3.12. The van der Waals surface area contributed by atoms with Crippen LogP contribution >= 0.6 is 15.9 Å². The van der Waals surface area contributed by atoms with Crippen molar-refractivity contribution < 1.29 is 0 Å². The summed E-state index contributed by atoms with van der Waals surface area (Å²) in [6.07, 6.45) is 6.44. The van der Waals surface area contributed by atoms with Crippen LogP contribution < -0.4 is 5.32 Å². The van der Waals surface area contributed by atoms with E-state index in [0.29, 0.717) is 0 Å². The number of nitrogens with zero attached hydrogens (tertiary/aromatic N) is 2. The van der Waals surface area contributed by atoms with Crippen molar-refractivity contribution in [3.8, 4) is 0 Å². The van der Waals surface area contributed by atoms with Gasteiger partial charge >= 0.3 is 0 Å². The van der Waals surface area contributed by atoms with E-state index >= 15 is 0 Å². The Bertz CT molecular complexity index is 752. The molecule has 3 rings (SSSR count). The predicted molar refractivity (Wildman–Crippen MR) is 89.2 cm³/mol. The molecule has 0 aliphatic heterocycles. The first-order valence-corrected chi connectivity index (χ1v) is 7.67. The number of benzene rings is 1. The van der Waals surface area contributed by atoms with Crippen LogP contribution in [0.4, 0.5) is 0 Å². The number of nitrogens with one attached hydrogen (secondary N) is 1. The molecule has 0 radical (unpaired) electrons. The molecule has 0 saturated carbocycles. The SMILES string of the molecule is CNC(Cc1cncc(Br)c1)c1cccc2ncccc12. The van der Waals surface area contributed by atoms with E-state index in [0.717, 1.165) is 16.4 Å². The lowest BCUT2D eigenvalue weighted by Gasteiger charge is -2.18. The molecule has 0 fully saturated rings. The minimum Gasteiger partial charge on any atom is -0.313 e. The highest BCUT2D eigenvalue weighted by Gasteiger charge is 2.13. The molecule has 2 heterocycles. The summed E-state index contributed by atoms with van der Waals surface area (Å²) < 4.78 is 1.01. The molecule has 4 heteroatoms. The quantitative estimate of drug-likeness (QED) is 0.782. The van der Waals surface area contributed by atoms with Gasteiger partial charge in [-0.1, -0.05) is 18.2 Å². The van der Waals surface area contributed by atoms with E-state index in [-0.39, 0.29) is 6.04 Å². The number of halogens is 1. The smallest absolute Gasteiger partial charge is 0.0705 e. The van der Waals surface area contributed by atoms with Crippen molar-refractivity contribution in [3.05, 3.63) is 70.6 Å². The van der Waals surface area contributed by atoms with Crippen molar-refractivity contribution in [2.24, 2.45) is 0 Å². The fraction of sp³-hybridized carbons (Fsp3) is 0.176. The zero-order valence-corrected chi connectivity index (χ0v) is 13.3. The molecule has 0 amide bonds. The van der Waals surface area contributed by atoms with Crippen LogP contribution in [0.1, 0.15) is 17.2 Å². The Kier molecular flexibility index (Phi) is 4.27. The van der Waals surface area contributed by atoms with Crippen LogP contribution in [-0.2, 0) is 6.42 Å². The maximum absolute atomic E-state index is 4.43. The number of pyridine rings is 2. The van der Waals surface area contributed by atoms with Crippen LogP contribution in [0.15, 0.2) is 59.5 Å². The Balaban J connectivity index is 1.98. The van der Waals surface area contributed by atoms with Crippen molar-refractivity contribution in [2.75, 3.05) is 7.05 Å². The summed E-state index contributed by atoms with van der Waals surface area (Å²) in [6.45, 7) is 0. The van der Waals surface area contributed by atoms with Crippen molar-refractivity contribution in [2.45, 2.75) is 12.5 Å². The van der Waals surface area contributed by atoms with Crippen molar-refractivity contribution in [1.29, 1.82) is 0 Å². The Labute approximate surface area is 132 Å². The molecule has 3 aromatic rings. The second-order valence-corrected chi connectivity index (χ2v) is 5.89. The van der Waals surface area contributed by atoms with Crippen LogP contribution in [0.5, 0.6) is 0 Å². The molecule has 0 aliphatic rings. The van der Waals surface area contributed by atoms with Gasteiger partial charge in [0.25, 0.3) is 0 Å². The number of likely N-dealkylation sites (N-methyl/N-ethyl adjacent to an activating group) is 1. The summed E-state index contributed by atoms with van der Waals surface area (Å²) in [5.74, 6) is 0. The van der Waals surface area contributed by atoms with E-state index < -0.39 is 0 Å². The van der Waals surface area contributed by atoms with Gasteiger partial charge in [0.15, 0.2) is 0 Å². The van der Waals surface area contributed by atoms with Crippen molar-refractivity contribution >= 4 is 26.8 Å². The van der Waals surface area contributed by atoms with E-state index in [1.54, 1.807) is 6.20 Å². The zero-order chi connectivity index (χ0) is 14.7. The number of fused-ring (bicyclic) bond motifs is 1. The highest BCUT2D eigenvalue weighted by molar-refractivity contribution is 9.10. The number of aromatic nitrogens is 2. The molecule has 2 aromatic heterocycles. The summed E-state index contributed by atoms with van der Waals surface area (Å²) in [7, 11) is 1.99. The lowest BCUT2D eigenvalue weighted by Crippen LogP contribution is -2.19. The molecule has 1 unspecified atom stereocenters. The van der Waals surface area contributed by atoms with Gasteiger partial charge in [0.2, 0.25) is 0 Å². The number of hydrogen-bond donors (Lipinski definition) is 1. The Hall–Kier alpha value is -1.78. The second kappa shape index (κ2) is 6.33. The lowest BCUT2D eigenvalue weighted by molar-refractivity contribution is 0.595. The van der Waals surface area contributed by atoms with Gasteiger partial charge in [-0.25, -0.2) is 0 Å². The highest BCUT2D eigenvalue weighted by Crippen LogP contribution is 2.26. The van der Waals surface area contributed by atoms with Gasteiger partial charge in [0.05, 0.1) is 5.52 Å². The van der Waals surface area contributed by atoms with Gasteiger partial charge < -0.3 is 5.32 Å². The van der Waals surface area contributed by atoms with Crippen molar-refractivity contribution in [1.82, 2.24) is 15.3 Å². The van der Waals surface area contributed by atoms with Gasteiger partial charge in [0.1, 0.15) is 0 Å². The first kappa shape index (κ1) is 14.2. The molecule has 1 atom stereocenters. The van der Waals surface area contributed by atoms with Gasteiger partial charge in [-0.3, -0.25) is 9.97 Å². The average Bonchev–Trinajstić information content (AvgIpc) is 2.52. The minimum atomic E-state index is 0.231. The Morgan fingerprint density at radius 2 is 2.10 bits per heavy atom. The van der Waals surface area contributed by atoms with Crippen molar-refractivity contribution in [3.63, 3.8) is 0 Å². The topological polar surface area (TPSA) is 37.8 Å². The fourth-order valence-electron chi connectivity index (χ4n) is 2.60. The summed E-state index contributed by atoms with van der Waals surface area (Å²) in [6, 6.07) is 12.7. The van der Waals surface area contributed by atoms with Gasteiger partial charge in [-0.15, -0.1) is 0 Å². The highest BCUT2D eigenvalue weighted by atomic mass is 79.9. The first-order valence-electron chi connectivity index (χ1n) is 6.88. The summed E-state index contributed by atoms with van der Waals surface area (Å²) in [4.78, 5) is 8.67. The molecule has 0 bridgehead atoms. The molecule has 1 N–H and O–H groups in total. The standard InChI is InChI=1S/C17H16BrN3/c1-19-17(9-12-8-13(18)11-20-10-12)15-4-2-6-16-14(15)5-3-7-21-16/h2-8,10-11,17,19H,9H2,1H3. The van der Waals surface area contributed by atoms with E-state index in [4.69, 9.17) is 0 Å². The summed E-state index contributed by atoms with van der Waals surface area (Å²) >= 11 is 3.48. The molecule has 0 spiro atoms. The maximum Gasteiger partial charge on any atom is 0.0705 e. The molecule has 0 saturated heterocycles. The lowest BCUT2D eigenvalue weighted by atomic mass is 9.96.